The van der Waals surface area contributed by atoms with Gasteiger partial charge in [0.05, 0.1) is 12.7 Å². The number of ether oxygens (including phenoxy) is 1. The summed E-state index contributed by atoms with van der Waals surface area (Å²) < 4.78 is 6.13. The molecule has 0 radical (unpaired) electrons. The first-order chi connectivity index (χ1) is 12.0. The summed E-state index contributed by atoms with van der Waals surface area (Å²) in [5.74, 6) is 0.997. The number of benzene rings is 1. The molecule has 1 aliphatic carbocycles. The molecule has 25 heavy (non-hydrogen) atoms. The van der Waals surface area contributed by atoms with Crippen molar-refractivity contribution in [3.63, 3.8) is 0 Å². The van der Waals surface area contributed by atoms with Gasteiger partial charge in [0.15, 0.2) is 0 Å². The first kappa shape index (κ1) is 18.2. The van der Waals surface area contributed by atoms with E-state index in [2.05, 4.69) is 38.2 Å². The Morgan fingerprint density at radius 1 is 1.28 bits per heavy atom. The highest BCUT2D eigenvalue weighted by Gasteiger charge is 2.32. The van der Waals surface area contributed by atoms with Crippen LogP contribution < -0.4 is 5.32 Å². The molecular formula is C21H32N2O2. The number of hydrogen-bond donors (Lipinski definition) is 1. The molecule has 1 amide bonds. The van der Waals surface area contributed by atoms with Crippen molar-refractivity contribution in [2.24, 2.45) is 5.92 Å². The van der Waals surface area contributed by atoms with Gasteiger partial charge in [-0.25, -0.2) is 0 Å². The fourth-order valence-electron chi connectivity index (χ4n) is 4.04. The minimum atomic E-state index is -0.0993. The smallest absolute Gasteiger partial charge is 0.245 e. The van der Waals surface area contributed by atoms with Crippen molar-refractivity contribution in [2.45, 2.75) is 77.7 Å². The van der Waals surface area contributed by atoms with Crippen LogP contribution in [0.3, 0.4) is 0 Å². The first-order valence-corrected chi connectivity index (χ1v) is 9.80. The average molecular weight is 344 g/mol. The Morgan fingerprint density at radius 3 is 2.84 bits per heavy atom. The van der Waals surface area contributed by atoms with E-state index >= 15 is 0 Å². The predicted molar refractivity (Wildman–Crippen MR) is 102 cm³/mol. The third-order valence-electron chi connectivity index (χ3n) is 5.51. The summed E-state index contributed by atoms with van der Waals surface area (Å²) >= 11 is 0. The van der Waals surface area contributed by atoms with Gasteiger partial charge in [-0.1, -0.05) is 31.9 Å². The highest BCUT2D eigenvalue weighted by atomic mass is 16.5. The first-order valence-electron chi connectivity index (χ1n) is 9.80. The van der Waals surface area contributed by atoms with Crippen LogP contribution in [-0.4, -0.2) is 35.5 Å². The van der Waals surface area contributed by atoms with Crippen molar-refractivity contribution in [3.8, 4) is 0 Å². The maximum absolute atomic E-state index is 12.4. The summed E-state index contributed by atoms with van der Waals surface area (Å²) in [6.45, 7) is 7.97. The number of nitrogens with one attached hydrogen (secondary N) is 1. The quantitative estimate of drug-likeness (QED) is 0.841. The molecule has 1 heterocycles. The lowest BCUT2D eigenvalue weighted by Crippen LogP contribution is -2.37. The standard InChI is InChI=1S/C21H32N2O2/c1-15(2)23-11-10-20(21(23)24)22-18-8-5-7-17(13-18)14-25-19-9-4-6-16(3)12-19/h5,7-8,13,15-16,19-20,22H,4,6,9-12,14H2,1-3H3/t16-,19+,20-/m1/s1. The van der Waals surface area contributed by atoms with E-state index in [4.69, 9.17) is 4.74 Å². The van der Waals surface area contributed by atoms with Crippen LogP contribution in [-0.2, 0) is 16.1 Å². The van der Waals surface area contributed by atoms with Crippen LogP contribution in [0.4, 0.5) is 5.69 Å². The zero-order valence-corrected chi connectivity index (χ0v) is 15.8. The number of carbonyl (C=O) groups is 1. The van der Waals surface area contributed by atoms with Crippen LogP contribution in [0.1, 0.15) is 58.4 Å². The second-order valence-corrected chi connectivity index (χ2v) is 8.02. The van der Waals surface area contributed by atoms with E-state index in [1.54, 1.807) is 0 Å². The molecule has 1 N–H and O–H groups in total. The summed E-state index contributed by atoms with van der Waals surface area (Å²) in [6, 6.07) is 8.49. The molecule has 1 aromatic rings. The van der Waals surface area contributed by atoms with Crippen molar-refractivity contribution in [1.82, 2.24) is 4.90 Å². The second kappa shape index (κ2) is 8.22. The number of hydrogen-bond acceptors (Lipinski definition) is 3. The summed E-state index contributed by atoms with van der Waals surface area (Å²) in [7, 11) is 0. The molecule has 0 spiro atoms. The highest BCUT2D eigenvalue weighted by Crippen LogP contribution is 2.27. The SMILES string of the molecule is CC(C)N1CC[C@@H](Nc2cccc(CO[C@H]3CCC[C@@H](C)C3)c2)C1=O. The molecule has 2 fully saturated rings. The van der Waals surface area contributed by atoms with Gasteiger partial charge in [0, 0.05) is 18.3 Å². The van der Waals surface area contributed by atoms with Crippen LogP contribution in [0.25, 0.3) is 0 Å². The van der Waals surface area contributed by atoms with E-state index < -0.39 is 0 Å². The number of likely N-dealkylation sites (tertiary alicyclic amines) is 1. The van der Waals surface area contributed by atoms with Gasteiger partial charge in [0.25, 0.3) is 0 Å². The lowest BCUT2D eigenvalue weighted by atomic mass is 9.89. The molecule has 1 saturated carbocycles. The number of amides is 1. The van der Waals surface area contributed by atoms with Crippen molar-refractivity contribution < 1.29 is 9.53 Å². The van der Waals surface area contributed by atoms with E-state index in [9.17, 15) is 4.79 Å². The van der Waals surface area contributed by atoms with E-state index in [0.29, 0.717) is 12.7 Å². The molecule has 0 aromatic heterocycles. The normalized spacial score (nSPS) is 27.1. The number of anilines is 1. The molecule has 138 valence electrons. The molecule has 1 aliphatic heterocycles. The molecule has 3 rings (SSSR count). The molecule has 4 nitrogen and oxygen atoms in total. The van der Waals surface area contributed by atoms with Gasteiger partial charge in [-0.15, -0.1) is 0 Å². The topological polar surface area (TPSA) is 41.6 Å². The van der Waals surface area contributed by atoms with Crippen LogP contribution in [0.2, 0.25) is 0 Å². The number of carbonyl (C=O) groups excluding carboxylic acids is 1. The summed E-state index contributed by atoms with van der Waals surface area (Å²) in [4.78, 5) is 14.4. The van der Waals surface area contributed by atoms with E-state index in [1.165, 1.54) is 31.2 Å². The van der Waals surface area contributed by atoms with Gasteiger partial charge in [-0.2, -0.15) is 0 Å². The Balaban J connectivity index is 1.54. The third-order valence-corrected chi connectivity index (χ3v) is 5.51. The van der Waals surface area contributed by atoms with E-state index in [0.717, 1.165) is 24.6 Å². The van der Waals surface area contributed by atoms with E-state index in [1.807, 2.05) is 17.0 Å². The zero-order valence-electron chi connectivity index (χ0n) is 15.8. The zero-order chi connectivity index (χ0) is 17.8. The van der Waals surface area contributed by atoms with Crippen molar-refractivity contribution >= 4 is 11.6 Å². The molecule has 3 atom stereocenters. The van der Waals surface area contributed by atoms with Gasteiger partial charge in [-0.05, 0) is 56.7 Å². The molecule has 2 aliphatic rings. The van der Waals surface area contributed by atoms with Crippen molar-refractivity contribution in [1.29, 1.82) is 0 Å². The summed E-state index contributed by atoms with van der Waals surface area (Å²) in [5.41, 5.74) is 2.19. The largest absolute Gasteiger partial charge is 0.374 e. The molecule has 4 heteroatoms. The monoisotopic (exact) mass is 344 g/mol. The fourth-order valence-corrected chi connectivity index (χ4v) is 4.04. The fraction of sp³-hybridized carbons (Fsp3) is 0.667. The summed E-state index contributed by atoms with van der Waals surface area (Å²) in [5, 5.41) is 3.41. The Hall–Kier alpha value is -1.55. The molecule has 0 bridgehead atoms. The van der Waals surface area contributed by atoms with Crippen LogP contribution >= 0.6 is 0 Å². The van der Waals surface area contributed by atoms with Crippen LogP contribution in [0, 0.1) is 5.92 Å². The third kappa shape index (κ3) is 4.75. The number of nitrogens with zero attached hydrogens (tertiary/aromatic N) is 1. The molecule has 1 aromatic carbocycles. The van der Waals surface area contributed by atoms with Crippen molar-refractivity contribution in [3.05, 3.63) is 29.8 Å². The minimum absolute atomic E-state index is 0.0993. The molecule has 0 unspecified atom stereocenters. The molecule has 1 saturated heterocycles. The van der Waals surface area contributed by atoms with Gasteiger partial charge in [-0.3, -0.25) is 4.79 Å². The second-order valence-electron chi connectivity index (χ2n) is 8.02. The van der Waals surface area contributed by atoms with Gasteiger partial charge < -0.3 is 15.0 Å². The number of rotatable bonds is 6. The van der Waals surface area contributed by atoms with Crippen molar-refractivity contribution in [2.75, 3.05) is 11.9 Å². The van der Waals surface area contributed by atoms with Gasteiger partial charge in [0.2, 0.25) is 5.91 Å². The Morgan fingerprint density at radius 2 is 2.12 bits per heavy atom. The van der Waals surface area contributed by atoms with Gasteiger partial charge in [0.1, 0.15) is 6.04 Å². The highest BCUT2D eigenvalue weighted by molar-refractivity contribution is 5.87. The maximum atomic E-state index is 12.4. The Bertz CT molecular complexity index is 587. The summed E-state index contributed by atoms with van der Waals surface area (Å²) in [6.07, 6.45) is 6.25. The average Bonchev–Trinajstić information content (AvgIpc) is 2.94. The lowest BCUT2D eigenvalue weighted by molar-refractivity contribution is -0.129. The Labute approximate surface area is 151 Å². The van der Waals surface area contributed by atoms with Gasteiger partial charge >= 0.3 is 0 Å². The minimum Gasteiger partial charge on any atom is -0.374 e. The van der Waals surface area contributed by atoms with E-state index in [-0.39, 0.29) is 18.0 Å². The van der Waals surface area contributed by atoms with Crippen LogP contribution in [0.5, 0.6) is 0 Å². The predicted octanol–water partition coefficient (Wildman–Crippen LogP) is 4.20. The molecular weight excluding hydrogens is 312 g/mol. The Kier molecular flexibility index (Phi) is 6.00. The lowest BCUT2D eigenvalue weighted by Gasteiger charge is -2.27. The maximum Gasteiger partial charge on any atom is 0.245 e. The van der Waals surface area contributed by atoms with Crippen LogP contribution in [0.15, 0.2) is 24.3 Å².